The quantitative estimate of drug-likeness (QED) is 0.477. The highest BCUT2D eigenvalue weighted by molar-refractivity contribution is 7.15. The van der Waals surface area contributed by atoms with Crippen LogP contribution in [-0.4, -0.2) is 34.4 Å². The number of nitro groups is 1. The molecule has 0 aromatic carbocycles. The molecular weight excluding hydrogens is 220 g/mol. The summed E-state index contributed by atoms with van der Waals surface area (Å²) in [5.41, 5.74) is 0. The number of aliphatic hydroxyl groups excluding tert-OH is 2. The lowest BCUT2D eigenvalue weighted by Gasteiger charge is -2.11. The van der Waals surface area contributed by atoms with Crippen LogP contribution in [0.15, 0.2) is 12.1 Å². The van der Waals surface area contributed by atoms with Crippen molar-refractivity contribution in [2.75, 3.05) is 13.2 Å². The lowest BCUT2D eigenvalue weighted by molar-refractivity contribution is -0.380. The highest BCUT2D eigenvalue weighted by Crippen LogP contribution is 2.23. The van der Waals surface area contributed by atoms with E-state index in [0.717, 1.165) is 16.2 Å². The first-order valence-electron chi connectivity index (χ1n) is 4.35. The van der Waals surface area contributed by atoms with Crippen LogP contribution in [0.2, 0.25) is 0 Å². The van der Waals surface area contributed by atoms with Crippen LogP contribution in [0.4, 0.5) is 5.00 Å². The lowest BCUT2D eigenvalue weighted by Crippen LogP contribution is -2.34. The first-order valence-corrected chi connectivity index (χ1v) is 5.17. The minimum atomic E-state index is -0.441. The third kappa shape index (κ3) is 3.56. The van der Waals surface area contributed by atoms with E-state index in [2.05, 4.69) is 5.32 Å². The summed E-state index contributed by atoms with van der Waals surface area (Å²) in [4.78, 5) is 10.7. The van der Waals surface area contributed by atoms with E-state index in [0.29, 0.717) is 6.54 Å². The maximum absolute atomic E-state index is 10.4. The van der Waals surface area contributed by atoms with Crippen LogP contribution < -0.4 is 5.32 Å². The zero-order valence-corrected chi connectivity index (χ0v) is 8.74. The summed E-state index contributed by atoms with van der Waals surface area (Å²) in [5.74, 6) is 0. The van der Waals surface area contributed by atoms with Crippen molar-refractivity contribution in [3.63, 3.8) is 0 Å². The molecule has 0 spiro atoms. The predicted octanol–water partition coefficient (Wildman–Crippen LogP) is 0.0991. The van der Waals surface area contributed by atoms with E-state index in [1.165, 1.54) is 6.07 Å². The van der Waals surface area contributed by atoms with E-state index in [1.807, 2.05) is 0 Å². The van der Waals surface area contributed by atoms with Gasteiger partial charge in [-0.15, -0.1) is 0 Å². The molecule has 84 valence electrons. The molecule has 0 aliphatic rings. The predicted molar refractivity (Wildman–Crippen MR) is 55.8 cm³/mol. The van der Waals surface area contributed by atoms with Crippen LogP contribution >= 0.6 is 11.3 Å². The number of nitrogens with one attached hydrogen (secondary N) is 1. The Labute approximate surface area is 90.3 Å². The normalized spacial score (nSPS) is 10.9. The molecule has 0 unspecified atom stereocenters. The fourth-order valence-electron chi connectivity index (χ4n) is 0.991. The number of nitrogens with zero attached hydrogens (tertiary/aromatic N) is 1. The second kappa shape index (κ2) is 5.76. The molecule has 3 N–H and O–H groups in total. The van der Waals surface area contributed by atoms with E-state index in [4.69, 9.17) is 10.2 Å². The average Bonchev–Trinajstić information content (AvgIpc) is 2.68. The van der Waals surface area contributed by atoms with Crippen molar-refractivity contribution < 1.29 is 15.1 Å². The van der Waals surface area contributed by atoms with Crippen LogP contribution in [0.5, 0.6) is 0 Å². The number of thiophene rings is 1. The lowest BCUT2D eigenvalue weighted by atomic mass is 10.3. The Morgan fingerprint density at radius 3 is 2.60 bits per heavy atom. The number of aliphatic hydroxyl groups is 2. The summed E-state index contributed by atoms with van der Waals surface area (Å²) in [7, 11) is 0. The van der Waals surface area contributed by atoms with Crippen molar-refractivity contribution in [2.24, 2.45) is 0 Å². The molecular formula is C8H12N2O4S. The summed E-state index contributed by atoms with van der Waals surface area (Å²) in [6, 6.07) is 2.71. The first kappa shape index (κ1) is 12.1. The van der Waals surface area contributed by atoms with Gasteiger partial charge in [0.25, 0.3) is 0 Å². The third-order valence-corrected chi connectivity index (χ3v) is 2.87. The van der Waals surface area contributed by atoms with Gasteiger partial charge in [-0.05, 0) is 6.07 Å². The van der Waals surface area contributed by atoms with Gasteiger partial charge in [-0.1, -0.05) is 11.3 Å². The zero-order chi connectivity index (χ0) is 11.3. The molecule has 1 aromatic rings. The molecule has 0 radical (unpaired) electrons. The third-order valence-electron chi connectivity index (χ3n) is 1.83. The van der Waals surface area contributed by atoms with Gasteiger partial charge in [-0.25, -0.2) is 0 Å². The Morgan fingerprint density at radius 2 is 2.13 bits per heavy atom. The van der Waals surface area contributed by atoms with Crippen LogP contribution in [-0.2, 0) is 6.54 Å². The summed E-state index contributed by atoms with van der Waals surface area (Å²) >= 11 is 1.08. The highest BCUT2D eigenvalue weighted by atomic mass is 32.1. The molecule has 7 heteroatoms. The van der Waals surface area contributed by atoms with Gasteiger partial charge in [0.2, 0.25) is 0 Å². The van der Waals surface area contributed by atoms with Gasteiger partial charge in [-0.2, -0.15) is 0 Å². The summed E-state index contributed by atoms with van der Waals surface area (Å²) in [5, 5.41) is 30.9. The molecule has 6 nitrogen and oxygen atoms in total. The molecule has 1 rings (SSSR count). The highest BCUT2D eigenvalue weighted by Gasteiger charge is 2.10. The SMILES string of the molecule is O=[N+]([O-])c1ccc(CNC(CO)CO)s1. The van der Waals surface area contributed by atoms with Crippen molar-refractivity contribution in [2.45, 2.75) is 12.6 Å². The van der Waals surface area contributed by atoms with Gasteiger partial charge in [0.15, 0.2) is 0 Å². The van der Waals surface area contributed by atoms with Gasteiger partial charge in [0, 0.05) is 17.5 Å². The smallest absolute Gasteiger partial charge is 0.324 e. The van der Waals surface area contributed by atoms with Crippen molar-refractivity contribution in [1.82, 2.24) is 5.32 Å². The van der Waals surface area contributed by atoms with Crippen molar-refractivity contribution in [3.8, 4) is 0 Å². The molecule has 0 aliphatic carbocycles. The van der Waals surface area contributed by atoms with E-state index < -0.39 is 4.92 Å². The Hall–Kier alpha value is -1.02. The van der Waals surface area contributed by atoms with Crippen molar-refractivity contribution in [3.05, 3.63) is 27.1 Å². The van der Waals surface area contributed by atoms with Crippen LogP contribution in [0.25, 0.3) is 0 Å². The topological polar surface area (TPSA) is 95.6 Å². The van der Waals surface area contributed by atoms with Crippen molar-refractivity contribution >= 4 is 16.3 Å². The maximum atomic E-state index is 10.4. The Kier molecular flexibility index (Phi) is 4.63. The van der Waals surface area contributed by atoms with Crippen LogP contribution in [0.1, 0.15) is 4.88 Å². The van der Waals surface area contributed by atoms with E-state index >= 15 is 0 Å². The van der Waals surface area contributed by atoms with Crippen molar-refractivity contribution in [1.29, 1.82) is 0 Å². The van der Waals surface area contributed by atoms with Gasteiger partial charge in [-0.3, -0.25) is 10.1 Å². The molecule has 0 saturated carbocycles. The Morgan fingerprint density at radius 1 is 1.47 bits per heavy atom. The van der Waals surface area contributed by atoms with E-state index in [1.54, 1.807) is 6.07 Å². The molecule has 15 heavy (non-hydrogen) atoms. The van der Waals surface area contributed by atoms with Gasteiger partial charge in [0.1, 0.15) is 0 Å². The van der Waals surface area contributed by atoms with Gasteiger partial charge in [0.05, 0.1) is 24.2 Å². The molecule has 1 heterocycles. The molecule has 0 bridgehead atoms. The summed E-state index contributed by atoms with van der Waals surface area (Å²) in [6.07, 6.45) is 0. The van der Waals surface area contributed by atoms with E-state index in [-0.39, 0.29) is 24.3 Å². The number of rotatable bonds is 6. The van der Waals surface area contributed by atoms with Crippen LogP contribution in [0, 0.1) is 10.1 Å². The number of hydrogen-bond acceptors (Lipinski definition) is 6. The molecule has 0 aliphatic heterocycles. The minimum absolute atomic E-state index is 0.0938. The first-order chi connectivity index (χ1) is 7.17. The Balaban J connectivity index is 2.47. The standard InChI is InChI=1S/C8H12N2O4S/c11-4-6(5-12)9-3-7-1-2-8(15-7)10(13)14/h1-2,6,9,11-12H,3-5H2. The molecule has 0 fully saturated rings. The molecule has 0 saturated heterocycles. The minimum Gasteiger partial charge on any atom is -0.395 e. The van der Waals surface area contributed by atoms with Gasteiger partial charge >= 0.3 is 5.00 Å². The summed E-state index contributed by atoms with van der Waals surface area (Å²) < 4.78 is 0. The largest absolute Gasteiger partial charge is 0.395 e. The fourth-order valence-corrected chi connectivity index (χ4v) is 1.76. The van der Waals surface area contributed by atoms with E-state index in [9.17, 15) is 10.1 Å². The monoisotopic (exact) mass is 232 g/mol. The maximum Gasteiger partial charge on any atom is 0.324 e. The fraction of sp³-hybridized carbons (Fsp3) is 0.500. The average molecular weight is 232 g/mol. The molecule has 1 aromatic heterocycles. The summed E-state index contributed by atoms with van der Waals surface area (Å²) in [6.45, 7) is 0.0816. The second-order valence-electron chi connectivity index (χ2n) is 2.94. The molecule has 0 amide bonds. The number of hydrogen-bond donors (Lipinski definition) is 3. The zero-order valence-electron chi connectivity index (χ0n) is 7.92. The Bertz CT molecular complexity index is 324. The van der Waals surface area contributed by atoms with Crippen LogP contribution in [0.3, 0.4) is 0 Å². The second-order valence-corrected chi connectivity index (χ2v) is 4.09. The van der Waals surface area contributed by atoms with Gasteiger partial charge < -0.3 is 15.5 Å². The molecule has 0 atom stereocenters.